The molecule has 2 aromatic rings. The van der Waals surface area contributed by atoms with Gasteiger partial charge in [0, 0.05) is 25.7 Å². The molecule has 1 N–H and O–H groups in total. The summed E-state index contributed by atoms with van der Waals surface area (Å²) < 4.78 is 6.99. The fraction of sp³-hybridized carbons (Fsp3) is 0.375. The van der Waals surface area contributed by atoms with E-state index in [0.717, 1.165) is 11.3 Å². The third-order valence-electron chi connectivity index (χ3n) is 3.94. The van der Waals surface area contributed by atoms with E-state index in [2.05, 4.69) is 15.5 Å². The Hall–Kier alpha value is -2.55. The Kier molecular flexibility index (Phi) is 4.93. The molecule has 0 radical (unpaired) electrons. The maximum absolute atomic E-state index is 12.4. The van der Waals surface area contributed by atoms with E-state index in [0.29, 0.717) is 24.1 Å². The Balaban J connectivity index is 1.74. The zero-order valence-corrected chi connectivity index (χ0v) is 15.0. The maximum atomic E-state index is 12.4. The van der Waals surface area contributed by atoms with Crippen LogP contribution in [-0.4, -0.2) is 57.1 Å². The lowest BCUT2D eigenvalue weighted by Crippen LogP contribution is -2.39. The van der Waals surface area contributed by atoms with Crippen molar-refractivity contribution < 1.29 is 14.3 Å². The molecule has 3 amide bonds. The number of imide groups is 1. The predicted molar refractivity (Wildman–Crippen MR) is 93.4 cm³/mol. The van der Waals surface area contributed by atoms with Crippen molar-refractivity contribution in [2.24, 2.45) is 7.05 Å². The SMILES string of the molecule is COc1ccc(-c2nnc(S[C@@H](C)C(=O)N3CCNC3=O)n2C)cc1. The van der Waals surface area contributed by atoms with Crippen LogP contribution in [-0.2, 0) is 11.8 Å². The number of amides is 3. The Bertz CT molecular complexity index is 790. The number of carbonyl (C=O) groups excluding carboxylic acids is 2. The fourth-order valence-electron chi connectivity index (χ4n) is 2.52. The first-order valence-electron chi connectivity index (χ1n) is 7.81. The lowest BCUT2D eigenvalue weighted by molar-refractivity contribution is -0.126. The van der Waals surface area contributed by atoms with Crippen molar-refractivity contribution in [1.82, 2.24) is 25.0 Å². The highest BCUT2D eigenvalue weighted by molar-refractivity contribution is 8.00. The van der Waals surface area contributed by atoms with Crippen molar-refractivity contribution in [3.63, 3.8) is 0 Å². The standard InChI is InChI=1S/C16H19N5O3S/c1-10(14(22)21-9-8-17-15(21)23)25-16-19-18-13(20(16)2)11-4-6-12(24-3)7-5-11/h4-7,10H,8-9H2,1-3H3,(H,17,23)/t10-/m0/s1. The maximum Gasteiger partial charge on any atom is 0.324 e. The molecular formula is C16H19N5O3S. The number of hydrogen-bond acceptors (Lipinski definition) is 6. The zero-order valence-electron chi connectivity index (χ0n) is 14.2. The van der Waals surface area contributed by atoms with Crippen LogP contribution in [0, 0.1) is 0 Å². The van der Waals surface area contributed by atoms with Crippen molar-refractivity contribution in [1.29, 1.82) is 0 Å². The lowest BCUT2D eigenvalue weighted by atomic mass is 10.2. The molecule has 3 rings (SSSR count). The highest BCUT2D eigenvalue weighted by Gasteiger charge is 2.31. The molecule has 9 heteroatoms. The van der Waals surface area contributed by atoms with E-state index < -0.39 is 5.25 Å². The van der Waals surface area contributed by atoms with Gasteiger partial charge in [-0.1, -0.05) is 11.8 Å². The van der Waals surface area contributed by atoms with Crippen molar-refractivity contribution in [3.8, 4) is 17.1 Å². The summed E-state index contributed by atoms with van der Waals surface area (Å²) in [6, 6.07) is 7.18. The highest BCUT2D eigenvalue weighted by atomic mass is 32.2. The molecule has 132 valence electrons. The summed E-state index contributed by atoms with van der Waals surface area (Å²) in [4.78, 5) is 25.2. The molecule has 1 fully saturated rings. The molecule has 1 aliphatic rings. The van der Waals surface area contributed by atoms with E-state index >= 15 is 0 Å². The minimum Gasteiger partial charge on any atom is -0.497 e. The number of aromatic nitrogens is 3. The van der Waals surface area contributed by atoms with E-state index in [1.54, 1.807) is 14.0 Å². The number of nitrogens with zero attached hydrogens (tertiary/aromatic N) is 4. The number of ether oxygens (including phenoxy) is 1. The van der Waals surface area contributed by atoms with Crippen molar-refractivity contribution in [3.05, 3.63) is 24.3 Å². The fourth-order valence-corrected chi connectivity index (χ4v) is 3.40. The second-order valence-corrected chi connectivity index (χ2v) is 6.88. The number of hydrogen-bond donors (Lipinski definition) is 1. The highest BCUT2D eigenvalue weighted by Crippen LogP contribution is 2.27. The summed E-state index contributed by atoms with van der Waals surface area (Å²) in [6.07, 6.45) is 0. The van der Waals surface area contributed by atoms with Crippen molar-refractivity contribution >= 4 is 23.7 Å². The van der Waals surface area contributed by atoms with Crippen LogP contribution in [0.3, 0.4) is 0 Å². The van der Waals surface area contributed by atoms with Gasteiger partial charge in [0.25, 0.3) is 0 Å². The Morgan fingerprint density at radius 3 is 2.64 bits per heavy atom. The summed E-state index contributed by atoms with van der Waals surface area (Å²) in [5, 5.41) is 11.2. The second-order valence-electron chi connectivity index (χ2n) is 5.58. The Labute approximate surface area is 149 Å². The molecule has 0 unspecified atom stereocenters. The van der Waals surface area contributed by atoms with Gasteiger partial charge in [0.2, 0.25) is 5.91 Å². The Morgan fingerprint density at radius 2 is 2.04 bits per heavy atom. The smallest absolute Gasteiger partial charge is 0.324 e. The minimum atomic E-state index is -0.435. The number of urea groups is 1. The molecule has 0 saturated carbocycles. The van der Waals surface area contributed by atoms with Crippen molar-refractivity contribution in [2.75, 3.05) is 20.2 Å². The molecule has 8 nitrogen and oxygen atoms in total. The van der Waals surface area contributed by atoms with Gasteiger partial charge in [0.1, 0.15) is 5.75 Å². The van der Waals surface area contributed by atoms with Gasteiger partial charge in [0.05, 0.1) is 12.4 Å². The summed E-state index contributed by atoms with van der Waals surface area (Å²) >= 11 is 1.28. The first kappa shape index (κ1) is 17.3. The molecule has 1 atom stereocenters. The van der Waals surface area contributed by atoms with Gasteiger partial charge in [-0.15, -0.1) is 10.2 Å². The average Bonchev–Trinajstić information content (AvgIpc) is 3.20. The van der Waals surface area contributed by atoms with Gasteiger partial charge in [-0.05, 0) is 31.2 Å². The van der Waals surface area contributed by atoms with Crippen LogP contribution in [0.2, 0.25) is 0 Å². The van der Waals surface area contributed by atoms with Gasteiger partial charge in [0.15, 0.2) is 11.0 Å². The summed E-state index contributed by atoms with van der Waals surface area (Å²) in [6.45, 7) is 2.66. The van der Waals surface area contributed by atoms with Crippen LogP contribution in [0.5, 0.6) is 5.75 Å². The van der Waals surface area contributed by atoms with E-state index in [1.165, 1.54) is 16.7 Å². The molecule has 0 spiro atoms. The van der Waals surface area contributed by atoms with Gasteiger partial charge >= 0.3 is 6.03 Å². The third kappa shape index (κ3) is 3.46. The molecular weight excluding hydrogens is 342 g/mol. The molecule has 1 aromatic carbocycles. The normalized spacial score (nSPS) is 15.2. The van der Waals surface area contributed by atoms with Gasteiger partial charge in [-0.25, -0.2) is 4.79 Å². The Morgan fingerprint density at radius 1 is 1.32 bits per heavy atom. The number of nitrogens with one attached hydrogen (secondary N) is 1. The van der Waals surface area contributed by atoms with Crippen molar-refractivity contribution in [2.45, 2.75) is 17.3 Å². The monoisotopic (exact) mass is 361 g/mol. The van der Waals surface area contributed by atoms with E-state index in [1.807, 2.05) is 35.9 Å². The second kappa shape index (κ2) is 7.14. The minimum absolute atomic E-state index is 0.228. The van der Waals surface area contributed by atoms with Gasteiger partial charge in [-0.2, -0.15) is 0 Å². The number of benzene rings is 1. The van der Waals surface area contributed by atoms with Gasteiger partial charge < -0.3 is 14.6 Å². The summed E-state index contributed by atoms with van der Waals surface area (Å²) in [5.74, 6) is 1.24. The first-order chi connectivity index (χ1) is 12.0. The molecule has 2 heterocycles. The summed E-state index contributed by atoms with van der Waals surface area (Å²) in [5.41, 5.74) is 0.903. The van der Waals surface area contributed by atoms with Crippen LogP contribution in [0.4, 0.5) is 4.79 Å². The predicted octanol–water partition coefficient (Wildman–Crippen LogP) is 1.52. The van der Waals surface area contributed by atoms with E-state index in [4.69, 9.17) is 4.74 Å². The summed E-state index contributed by atoms with van der Waals surface area (Å²) in [7, 11) is 3.47. The third-order valence-corrected chi connectivity index (χ3v) is 5.06. The zero-order chi connectivity index (χ0) is 18.0. The molecule has 0 aliphatic carbocycles. The van der Waals surface area contributed by atoms with Crippen LogP contribution in [0.25, 0.3) is 11.4 Å². The number of methoxy groups -OCH3 is 1. The van der Waals surface area contributed by atoms with Crippen LogP contribution >= 0.6 is 11.8 Å². The van der Waals surface area contributed by atoms with Gasteiger partial charge in [-0.3, -0.25) is 9.69 Å². The first-order valence-corrected chi connectivity index (χ1v) is 8.69. The topological polar surface area (TPSA) is 89.4 Å². The van der Waals surface area contributed by atoms with Crippen LogP contribution in [0.15, 0.2) is 29.4 Å². The average molecular weight is 361 g/mol. The molecule has 1 aromatic heterocycles. The molecule has 25 heavy (non-hydrogen) atoms. The number of carbonyl (C=O) groups is 2. The quantitative estimate of drug-likeness (QED) is 0.812. The molecule has 1 aliphatic heterocycles. The van der Waals surface area contributed by atoms with Crippen LogP contribution in [0.1, 0.15) is 6.92 Å². The van der Waals surface area contributed by atoms with Crippen LogP contribution < -0.4 is 10.1 Å². The van der Waals surface area contributed by atoms with E-state index in [-0.39, 0.29) is 11.9 Å². The molecule has 1 saturated heterocycles. The molecule has 0 bridgehead atoms. The van der Waals surface area contributed by atoms with E-state index in [9.17, 15) is 9.59 Å². The number of rotatable bonds is 5. The lowest BCUT2D eigenvalue weighted by Gasteiger charge is -2.16. The number of thioether (sulfide) groups is 1. The largest absolute Gasteiger partial charge is 0.497 e.